The maximum atomic E-state index is 13.0. The van der Waals surface area contributed by atoms with Gasteiger partial charge in [-0.3, -0.25) is 9.69 Å². The second-order valence-corrected chi connectivity index (χ2v) is 10.5. The van der Waals surface area contributed by atoms with Gasteiger partial charge in [0, 0.05) is 31.0 Å². The molecule has 4 rings (SSSR count). The smallest absolute Gasteiger partial charge is 0.324 e. The van der Waals surface area contributed by atoms with Crippen molar-refractivity contribution < 1.29 is 18.0 Å². The highest BCUT2D eigenvalue weighted by atomic mass is 32.2. The van der Waals surface area contributed by atoms with Crippen LogP contribution in [0, 0.1) is 13.8 Å². The minimum absolute atomic E-state index is 0.0169. The van der Waals surface area contributed by atoms with E-state index in [0.29, 0.717) is 18.7 Å². The van der Waals surface area contributed by atoms with E-state index in [0.717, 1.165) is 48.3 Å². The number of amides is 3. The van der Waals surface area contributed by atoms with Gasteiger partial charge < -0.3 is 10.2 Å². The molecule has 2 aliphatic rings. The first kappa shape index (κ1) is 23.3. The molecule has 2 aromatic carbocycles. The molecule has 33 heavy (non-hydrogen) atoms. The molecule has 2 aromatic rings. The Kier molecular flexibility index (Phi) is 6.45. The molecule has 2 aliphatic heterocycles. The Labute approximate surface area is 195 Å². The normalized spacial score (nSPS) is 16.6. The van der Waals surface area contributed by atoms with Crippen molar-refractivity contribution >= 4 is 33.3 Å². The molecule has 2 N–H and O–H groups in total. The fourth-order valence-electron chi connectivity index (χ4n) is 4.29. The second-order valence-electron chi connectivity index (χ2n) is 8.82. The van der Waals surface area contributed by atoms with E-state index >= 15 is 0 Å². The number of nitrogens with one attached hydrogen (secondary N) is 2. The summed E-state index contributed by atoms with van der Waals surface area (Å²) in [7, 11) is -3.91. The lowest BCUT2D eigenvalue weighted by Gasteiger charge is -2.24. The number of anilines is 2. The molecule has 1 fully saturated rings. The van der Waals surface area contributed by atoms with E-state index in [-0.39, 0.29) is 10.9 Å². The number of benzene rings is 2. The first-order chi connectivity index (χ1) is 15.7. The van der Waals surface area contributed by atoms with Crippen LogP contribution in [0.5, 0.6) is 0 Å². The van der Waals surface area contributed by atoms with Crippen LogP contribution in [-0.2, 0) is 21.2 Å². The molecular weight excluding hydrogens is 440 g/mol. The van der Waals surface area contributed by atoms with Crippen LogP contribution in [0.25, 0.3) is 0 Å². The van der Waals surface area contributed by atoms with Gasteiger partial charge in [-0.1, -0.05) is 12.1 Å². The molecule has 8 nitrogen and oxygen atoms in total. The molecule has 1 saturated heterocycles. The molecule has 0 aromatic heterocycles. The third-order valence-electron chi connectivity index (χ3n) is 6.24. The second kappa shape index (κ2) is 9.15. The van der Waals surface area contributed by atoms with Gasteiger partial charge in [0.05, 0.1) is 10.9 Å². The number of aryl methyl sites for hydroxylation is 2. The monoisotopic (exact) mass is 470 g/mol. The number of carbonyl (C=O) groups is 2. The first-order valence-corrected chi connectivity index (χ1v) is 12.7. The van der Waals surface area contributed by atoms with Crippen molar-refractivity contribution in [1.29, 1.82) is 0 Å². The van der Waals surface area contributed by atoms with Crippen LogP contribution in [0.4, 0.5) is 16.2 Å². The minimum atomic E-state index is -3.91. The molecule has 1 atom stereocenters. The van der Waals surface area contributed by atoms with Crippen molar-refractivity contribution in [1.82, 2.24) is 9.62 Å². The van der Waals surface area contributed by atoms with E-state index < -0.39 is 22.0 Å². The van der Waals surface area contributed by atoms with Crippen LogP contribution < -0.4 is 14.9 Å². The van der Waals surface area contributed by atoms with Gasteiger partial charge in [0.25, 0.3) is 0 Å². The van der Waals surface area contributed by atoms with E-state index in [9.17, 15) is 18.0 Å². The summed E-state index contributed by atoms with van der Waals surface area (Å²) in [5, 5.41) is 2.80. The molecular formula is C24H30N4O4S. The van der Waals surface area contributed by atoms with Crippen LogP contribution in [0.15, 0.2) is 41.3 Å². The topological polar surface area (TPSA) is 98.8 Å². The molecule has 0 unspecified atom stereocenters. The lowest BCUT2D eigenvalue weighted by atomic mass is 10.1. The minimum Gasteiger partial charge on any atom is -0.324 e. The maximum absolute atomic E-state index is 13.0. The highest BCUT2D eigenvalue weighted by Gasteiger charge is 2.31. The zero-order valence-corrected chi connectivity index (χ0v) is 20.0. The van der Waals surface area contributed by atoms with Gasteiger partial charge in [-0.25, -0.2) is 13.2 Å². The summed E-state index contributed by atoms with van der Waals surface area (Å²) in [5.41, 5.74) is 4.13. The Morgan fingerprint density at radius 3 is 2.45 bits per heavy atom. The lowest BCUT2D eigenvalue weighted by Crippen LogP contribution is -2.41. The summed E-state index contributed by atoms with van der Waals surface area (Å²) in [6.07, 6.45) is 2.63. The summed E-state index contributed by atoms with van der Waals surface area (Å²) in [4.78, 5) is 29.1. The highest BCUT2D eigenvalue weighted by Crippen LogP contribution is 2.31. The summed E-state index contributed by atoms with van der Waals surface area (Å²) in [5.74, 6) is -0.434. The highest BCUT2D eigenvalue weighted by molar-refractivity contribution is 7.89. The van der Waals surface area contributed by atoms with Crippen LogP contribution in [0.1, 0.15) is 36.5 Å². The van der Waals surface area contributed by atoms with Gasteiger partial charge in [0.1, 0.15) is 0 Å². The molecule has 3 amide bonds. The van der Waals surface area contributed by atoms with E-state index in [1.807, 2.05) is 36.9 Å². The Bertz CT molecular complexity index is 1190. The van der Waals surface area contributed by atoms with Crippen molar-refractivity contribution in [2.45, 2.75) is 51.0 Å². The number of hydrogen-bond donors (Lipinski definition) is 2. The van der Waals surface area contributed by atoms with Gasteiger partial charge in [-0.2, -0.15) is 4.72 Å². The lowest BCUT2D eigenvalue weighted by molar-refractivity contribution is -0.117. The van der Waals surface area contributed by atoms with E-state index in [2.05, 4.69) is 10.0 Å². The van der Waals surface area contributed by atoms with Gasteiger partial charge in [0.2, 0.25) is 15.9 Å². The molecule has 0 aliphatic carbocycles. The Hall–Kier alpha value is -2.91. The maximum Gasteiger partial charge on any atom is 0.324 e. The van der Waals surface area contributed by atoms with Crippen LogP contribution in [0.2, 0.25) is 0 Å². The number of fused-ring (bicyclic) bond motifs is 1. The first-order valence-electron chi connectivity index (χ1n) is 11.3. The van der Waals surface area contributed by atoms with Crippen LogP contribution in [0.3, 0.4) is 0 Å². The molecule has 9 heteroatoms. The number of likely N-dealkylation sites (tertiary alicyclic amines) is 1. The molecule has 2 heterocycles. The Morgan fingerprint density at radius 2 is 1.73 bits per heavy atom. The third-order valence-corrected chi connectivity index (χ3v) is 7.78. The summed E-state index contributed by atoms with van der Waals surface area (Å²) < 4.78 is 28.4. The quantitative estimate of drug-likeness (QED) is 0.701. The van der Waals surface area contributed by atoms with Crippen molar-refractivity contribution in [3.05, 3.63) is 53.1 Å². The number of rotatable bonds is 5. The van der Waals surface area contributed by atoms with Crippen LogP contribution >= 0.6 is 0 Å². The van der Waals surface area contributed by atoms with Crippen molar-refractivity contribution in [3.63, 3.8) is 0 Å². The zero-order chi connectivity index (χ0) is 23.8. The molecule has 176 valence electrons. The van der Waals surface area contributed by atoms with Gasteiger partial charge in [0.15, 0.2) is 0 Å². The standard InChI is InChI=1S/C24H30N4O4S/c1-16-6-7-17(2)21(14-16)25-23(29)18(3)26-33(31,32)20-8-9-22-19(15-20)10-13-28(22)24(30)27-11-4-5-12-27/h6-9,14-15,18,26H,4-5,10-13H2,1-3H3,(H,25,29)/t18-/m0/s1. The largest absolute Gasteiger partial charge is 0.324 e. The molecule has 0 radical (unpaired) electrons. The van der Waals surface area contributed by atoms with Crippen LogP contribution in [-0.4, -0.2) is 50.9 Å². The Morgan fingerprint density at radius 1 is 1.00 bits per heavy atom. The predicted octanol–water partition coefficient (Wildman–Crippen LogP) is 3.19. The van der Waals surface area contributed by atoms with Crippen molar-refractivity contribution in [2.24, 2.45) is 0 Å². The average molecular weight is 471 g/mol. The molecule has 0 saturated carbocycles. The zero-order valence-electron chi connectivity index (χ0n) is 19.2. The summed E-state index contributed by atoms with van der Waals surface area (Å²) >= 11 is 0. The van der Waals surface area contributed by atoms with E-state index in [4.69, 9.17) is 0 Å². The summed E-state index contributed by atoms with van der Waals surface area (Å²) in [6.45, 7) is 7.39. The average Bonchev–Trinajstić information content (AvgIpc) is 3.45. The van der Waals surface area contributed by atoms with E-state index in [1.165, 1.54) is 13.0 Å². The predicted molar refractivity (Wildman–Crippen MR) is 128 cm³/mol. The van der Waals surface area contributed by atoms with Crippen molar-refractivity contribution in [3.8, 4) is 0 Å². The van der Waals surface area contributed by atoms with Crippen molar-refractivity contribution in [2.75, 3.05) is 29.9 Å². The fraction of sp³-hybridized carbons (Fsp3) is 0.417. The Balaban J connectivity index is 1.46. The van der Waals surface area contributed by atoms with Gasteiger partial charge in [-0.05, 0) is 81.0 Å². The van der Waals surface area contributed by atoms with Gasteiger partial charge in [-0.15, -0.1) is 0 Å². The number of sulfonamides is 1. The third kappa shape index (κ3) is 4.89. The van der Waals surface area contributed by atoms with Gasteiger partial charge >= 0.3 is 6.03 Å². The number of nitrogens with zero attached hydrogens (tertiary/aromatic N) is 2. The SMILES string of the molecule is Cc1ccc(C)c(NC(=O)[C@H](C)NS(=O)(=O)c2ccc3c(c2)CCN3C(=O)N2CCCC2)c1. The molecule has 0 spiro atoms. The number of carbonyl (C=O) groups excluding carboxylic acids is 2. The summed E-state index contributed by atoms with van der Waals surface area (Å²) in [6, 6.07) is 9.51. The number of hydrogen-bond acceptors (Lipinski definition) is 4. The number of urea groups is 1. The fourth-order valence-corrected chi connectivity index (χ4v) is 5.54. The molecule has 0 bridgehead atoms. The van der Waals surface area contributed by atoms with E-state index in [1.54, 1.807) is 17.0 Å².